The summed E-state index contributed by atoms with van der Waals surface area (Å²) in [5.41, 5.74) is 8.64. The van der Waals surface area contributed by atoms with Crippen LogP contribution < -0.4 is 11.1 Å². The molecule has 17 heavy (non-hydrogen) atoms. The van der Waals surface area contributed by atoms with Crippen LogP contribution in [0.4, 0.5) is 5.69 Å². The van der Waals surface area contributed by atoms with Crippen LogP contribution in [0.2, 0.25) is 0 Å². The van der Waals surface area contributed by atoms with Gasteiger partial charge in [0.2, 0.25) is 5.91 Å². The monoisotopic (exact) mass is 232 g/mol. The van der Waals surface area contributed by atoms with E-state index in [1.807, 2.05) is 25.1 Å². The van der Waals surface area contributed by atoms with Crippen molar-refractivity contribution in [1.82, 2.24) is 0 Å². The highest BCUT2D eigenvalue weighted by atomic mass is 16.1. The molecular formula is C14H20N2O. The zero-order valence-corrected chi connectivity index (χ0v) is 10.3. The number of carbonyl (C=O) groups is 1. The second kappa shape index (κ2) is 5.32. The molecule has 3 heteroatoms. The summed E-state index contributed by atoms with van der Waals surface area (Å²) in [4.78, 5) is 11.8. The van der Waals surface area contributed by atoms with Gasteiger partial charge in [0.05, 0.1) is 0 Å². The van der Waals surface area contributed by atoms with E-state index in [1.165, 1.54) is 19.3 Å². The van der Waals surface area contributed by atoms with Gasteiger partial charge in [-0.15, -0.1) is 0 Å². The zero-order chi connectivity index (χ0) is 12.3. The smallest absolute Gasteiger partial charge is 0.224 e. The molecule has 0 aliphatic heterocycles. The first-order chi connectivity index (χ1) is 8.19. The summed E-state index contributed by atoms with van der Waals surface area (Å²) in [6.45, 7) is 2.50. The highest BCUT2D eigenvalue weighted by Gasteiger charge is 2.20. The average Bonchev–Trinajstić information content (AvgIpc) is 2.27. The lowest BCUT2D eigenvalue weighted by molar-refractivity contribution is -0.117. The zero-order valence-electron chi connectivity index (χ0n) is 10.3. The first-order valence-corrected chi connectivity index (χ1v) is 6.28. The molecule has 0 heterocycles. The molecule has 2 rings (SSSR count). The molecule has 3 nitrogen and oxygen atoms in total. The molecule has 1 aromatic carbocycles. The number of anilines is 1. The fraction of sp³-hybridized carbons (Fsp3) is 0.500. The minimum atomic E-state index is 0.131. The summed E-state index contributed by atoms with van der Waals surface area (Å²) in [5, 5.41) is 2.99. The van der Waals surface area contributed by atoms with Crippen molar-refractivity contribution < 1.29 is 4.79 Å². The molecule has 92 valence electrons. The predicted octanol–water partition coefficient (Wildman–Crippen LogP) is 2.58. The summed E-state index contributed by atoms with van der Waals surface area (Å²) in [5.74, 6) is 0.736. The van der Waals surface area contributed by atoms with E-state index in [0.29, 0.717) is 18.9 Å². The third kappa shape index (κ3) is 3.07. The number of hydrogen-bond donors (Lipinski definition) is 2. The number of hydrogen-bond acceptors (Lipinski definition) is 2. The molecule has 1 fully saturated rings. The predicted molar refractivity (Wildman–Crippen MR) is 69.7 cm³/mol. The molecule has 1 aromatic rings. The standard InChI is InChI=1S/C14H20N2O/c1-10-5-6-12(9-15)7-13(10)16-14(17)8-11-3-2-4-11/h5-7,11H,2-4,8-9,15H2,1H3,(H,16,17). The SMILES string of the molecule is Cc1ccc(CN)cc1NC(=O)CC1CCC1. The largest absolute Gasteiger partial charge is 0.326 e. The molecule has 0 saturated heterocycles. The van der Waals surface area contributed by atoms with Crippen LogP contribution in [-0.2, 0) is 11.3 Å². The van der Waals surface area contributed by atoms with Crippen LogP contribution in [-0.4, -0.2) is 5.91 Å². The van der Waals surface area contributed by atoms with E-state index in [0.717, 1.165) is 16.8 Å². The van der Waals surface area contributed by atoms with E-state index in [2.05, 4.69) is 5.32 Å². The van der Waals surface area contributed by atoms with Crippen LogP contribution >= 0.6 is 0 Å². The van der Waals surface area contributed by atoms with Crippen molar-refractivity contribution >= 4 is 11.6 Å². The maximum absolute atomic E-state index is 11.8. The van der Waals surface area contributed by atoms with E-state index in [4.69, 9.17) is 5.73 Å². The van der Waals surface area contributed by atoms with E-state index >= 15 is 0 Å². The molecule has 0 spiro atoms. The maximum atomic E-state index is 11.8. The fourth-order valence-corrected chi connectivity index (χ4v) is 2.09. The third-order valence-corrected chi connectivity index (χ3v) is 3.51. The maximum Gasteiger partial charge on any atom is 0.224 e. The van der Waals surface area contributed by atoms with Crippen LogP contribution in [0.25, 0.3) is 0 Å². The Morgan fingerprint density at radius 2 is 2.24 bits per heavy atom. The van der Waals surface area contributed by atoms with E-state index in [9.17, 15) is 4.79 Å². The molecule has 0 atom stereocenters. The molecule has 3 N–H and O–H groups in total. The van der Waals surface area contributed by atoms with Crippen molar-refractivity contribution in [3.05, 3.63) is 29.3 Å². The van der Waals surface area contributed by atoms with Gasteiger partial charge in [-0.05, 0) is 42.9 Å². The van der Waals surface area contributed by atoms with Crippen LogP contribution in [0.3, 0.4) is 0 Å². The normalized spacial score (nSPS) is 15.4. The first-order valence-electron chi connectivity index (χ1n) is 6.28. The number of nitrogens with one attached hydrogen (secondary N) is 1. The van der Waals surface area contributed by atoms with Gasteiger partial charge in [-0.3, -0.25) is 4.79 Å². The lowest BCUT2D eigenvalue weighted by Crippen LogP contribution is -2.21. The highest BCUT2D eigenvalue weighted by Crippen LogP contribution is 2.29. The Balaban J connectivity index is 1.98. The molecule has 0 aromatic heterocycles. The lowest BCUT2D eigenvalue weighted by atomic mass is 9.83. The van der Waals surface area contributed by atoms with Crippen LogP contribution in [0.5, 0.6) is 0 Å². The van der Waals surface area contributed by atoms with Gasteiger partial charge in [0.15, 0.2) is 0 Å². The van der Waals surface area contributed by atoms with Crippen LogP contribution in [0, 0.1) is 12.8 Å². The van der Waals surface area contributed by atoms with E-state index in [1.54, 1.807) is 0 Å². The Morgan fingerprint density at radius 1 is 1.47 bits per heavy atom. The molecule has 0 radical (unpaired) electrons. The molecule has 1 saturated carbocycles. The van der Waals surface area contributed by atoms with Crippen molar-refractivity contribution in [2.75, 3.05) is 5.32 Å². The number of amides is 1. The number of aryl methyl sites for hydroxylation is 1. The minimum Gasteiger partial charge on any atom is -0.326 e. The highest BCUT2D eigenvalue weighted by molar-refractivity contribution is 5.91. The molecule has 1 aliphatic carbocycles. The summed E-state index contributed by atoms with van der Waals surface area (Å²) >= 11 is 0. The van der Waals surface area contributed by atoms with Crippen LogP contribution in [0.1, 0.15) is 36.8 Å². The van der Waals surface area contributed by atoms with Crippen molar-refractivity contribution in [2.45, 2.75) is 39.2 Å². The van der Waals surface area contributed by atoms with Crippen molar-refractivity contribution in [2.24, 2.45) is 11.7 Å². The Hall–Kier alpha value is -1.35. The Bertz CT molecular complexity index is 411. The van der Waals surface area contributed by atoms with E-state index < -0.39 is 0 Å². The number of benzene rings is 1. The summed E-state index contributed by atoms with van der Waals surface area (Å²) in [7, 11) is 0. The second-order valence-corrected chi connectivity index (χ2v) is 4.90. The first kappa shape index (κ1) is 12.1. The van der Waals surface area contributed by atoms with Gasteiger partial charge in [-0.25, -0.2) is 0 Å². The van der Waals surface area contributed by atoms with Gasteiger partial charge in [0, 0.05) is 18.7 Å². The molecule has 1 aliphatic rings. The van der Waals surface area contributed by atoms with Crippen molar-refractivity contribution in [3.63, 3.8) is 0 Å². The van der Waals surface area contributed by atoms with Gasteiger partial charge in [0.25, 0.3) is 0 Å². The third-order valence-electron chi connectivity index (χ3n) is 3.51. The van der Waals surface area contributed by atoms with Crippen molar-refractivity contribution in [1.29, 1.82) is 0 Å². The van der Waals surface area contributed by atoms with Gasteiger partial charge < -0.3 is 11.1 Å². The fourth-order valence-electron chi connectivity index (χ4n) is 2.09. The number of carbonyl (C=O) groups excluding carboxylic acids is 1. The Labute approximate surface area is 102 Å². The lowest BCUT2D eigenvalue weighted by Gasteiger charge is -2.24. The Kier molecular flexibility index (Phi) is 3.79. The topological polar surface area (TPSA) is 55.1 Å². The molecule has 1 amide bonds. The Morgan fingerprint density at radius 3 is 2.82 bits per heavy atom. The minimum absolute atomic E-state index is 0.131. The number of rotatable bonds is 4. The van der Waals surface area contributed by atoms with Gasteiger partial charge in [0.1, 0.15) is 0 Å². The second-order valence-electron chi connectivity index (χ2n) is 4.90. The van der Waals surface area contributed by atoms with Gasteiger partial charge in [-0.1, -0.05) is 18.6 Å². The average molecular weight is 232 g/mol. The quantitative estimate of drug-likeness (QED) is 0.838. The van der Waals surface area contributed by atoms with Crippen molar-refractivity contribution in [3.8, 4) is 0 Å². The summed E-state index contributed by atoms with van der Waals surface area (Å²) in [6, 6.07) is 5.96. The molecule has 0 bridgehead atoms. The van der Waals surface area contributed by atoms with E-state index in [-0.39, 0.29) is 5.91 Å². The number of nitrogens with two attached hydrogens (primary N) is 1. The van der Waals surface area contributed by atoms with Crippen LogP contribution in [0.15, 0.2) is 18.2 Å². The van der Waals surface area contributed by atoms with Gasteiger partial charge in [-0.2, -0.15) is 0 Å². The summed E-state index contributed by atoms with van der Waals surface area (Å²) < 4.78 is 0. The van der Waals surface area contributed by atoms with Gasteiger partial charge >= 0.3 is 0 Å². The summed E-state index contributed by atoms with van der Waals surface area (Å²) in [6.07, 6.45) is 4.34. The molecular weight excluding hydrogens is 212 g/mol. The molecule has 0 unspecified atom stereocenters.